The number of amides is 1. The first kappa shape index (κ1) is 27.7. The van der Waals surface area contributed by atoms with Crippen LogP contribution in [0.2, 0.25) is 0 Å². The lowest BCUT2D eigenvalue weighted by atomic mass is 10.1. The number of benzene rings is 1. The molecule has 0 unspecified atom stereocenters. The van der Waals surface area contributed by atoms with E-state index in [1.165, 1.54) is 65.5 Å². The highest BCUT2D eigenvalue weighted by atomic mass is 32.1. The normalized spacial score (nSPS) is 16.3. The first-order valence-electron chi connectivity index (χ1n) is 12.7. The van der Waals surface area contributed by atoms with Gasteiger partial charge in [0.15, 0.2) is 0 Å². The Bertz CT molecular complexity index is 1650. The number of ether oxygens (including phenoxy) is 3. The van der Waals surface area contributed by atoms with Crippen LogP contribution < -0.4 is 21.3 Å². The predicted octanol–water partition coefficient (Wildman–Crippen LogP) is 2.12. The molecule has 0 aliphatic carbocycles. The molecule has 4 heterocycles. The average molecular weight is 573 g/mol. The summed E-state index contributed by atoms with van der Waals surface area (Å²) in [5.74, 6) is -0.522. The van der Waals surface area contributed by atoms with Gasteiger partial charge in [-0.15, -0.1) is 4.80 Å². The first-order chi connectivity index (χ1) is 19.3. The molecule has 212 valence electrons. The number of carbonyl (C=O) groups excluding carboxylic acids is 1. The van der Waals surface area contributed by atoms with E-state index >= 15 is 0 Å². The highest BCUT2D eigenvalue weighted by Crippen LogP contribution is 2.34. The van der Waals surface area contributed by atoms with Crippen molar-refractivity contribution < 1.29 is 23.4 Å². The highest BCUT2D eigenvalue weighted by molar-refractivity contribution is 7.21. The lowest BCUT2D eigenvalue weighted by Crippen LogP contribution is -2.49. The van der Waals surface area contributed by atoms with E-state index in [9.17, 15) is 18.8 Å². The molecule has 1 aliphatic heterocycles. The van der Waals surface area contributed by atoms with Crippen molar-refractivity contribution in [3.8, 4) is 10.8 Å². The van der Waals surface area contributed by atoms with Gasteiger partial charge in [0.1, 0.15) is 33.5 Å². The summed E-state index contributed by atoms with van der Waals surface area (Å²) in [4.78, 5) is 42.5. The molecule has 1 N–H and O–H groups in total. The van der Waals surface area contributed by atoms with Gasteiger partial charge in [-0.05, 0) is 38.0 Å². The fraction of sp³-hybridized carbons (Fsp3) is 0.423. The summed E-state index contributed by atoms with van der Waals surface area (Å²) in [5.41, 5.74) is -0.281. The smallest absolute Gasteiger partial charge is 0.332 e. The SMILES string of the molecule is COCCO[C@@H](Cn1c(=O)n([C@@H]2CCCNC2=O)c(=O)c2c(C)c(-n3nccn3)sc21)c1cc(F)ccc1OC. The second kappa shape index (κ2) is 11.7. The second-order valence-electron chi connectivity index (χ2n) is 9.29. The Morgan fingerprint density at radius 1 is 1.18 bits per heavy atom. The van der Waals surface area contributed by atoms with E-state index in [-0.39, 0.29) is 25.1 Å². The van der Waals surface area contributed by atoms with E-state index in [1.807, 2.05) is 0 Å². The van der Waals surface area contributed by atoms with Crippen LogP contribution in [0.1, 0.15) is 36.1 Å². The largest absolute Gasteiger partial charge is 0.496 e. The molecule has 1 saturated heterocycles. The van der Waals surface area contributed by atoms with Gasteiger partial charge in [0.2, 0.25) is 5.91 Å². The van der Waals surface area contributed by atoms with Crippen molar-refractivity contribution in [2.75, 3.05) is 34.0 Å². The Balaban J connectivity index is 1.75. The van der Waals surface area contributed by atoms with Crippen molar-refractivity contribution in [1.82, 2.24) is 29.4 Å². The maximum Gasteiger partial charge on any atom is 0.332 e. The number of piperidine rings is 1. The first-order valence-corrected chi connectivity index (χ1v) is 13.5. The second-order valence-corrected chi connectivity index (χ2v) is 10.3. The number of fused-ring (bicyclic) bond motifs is 1. The number of nitrogens with one attached hydrogen (secondary N) is 1. The zero-order valence-electron chi connectivity index (χ0n) is 22.3. The molecule has 2 atom stereocenters. The van der Waals surface area contributed by atoms with Gasteiger partial charge in [-0.2, -0.15) is 10.2 Å². The lowest BCUT2D eigenvalue weighted by Gasteiger charge is -2.26. The summed E-state index contributed by atoms with van der Waals surface area (Å²) in [5, 5.41) is 12.0. The summed E-state index contributed by atoms with van der Waals surface area (Å²) < 4.78 is 33.5. The zero-order chi connectivity index (χ0) is 28.4. The highest BCUT2D eigenvalue weighted by Gasteiger charge is 2.31. The van der Waals surface area contributed by atoms with Crippen LogP contribution in [0, 0.1) is 12.7 Å². The predicted molar refractivity (Wildman–Crippen MR) is 145 cm³/mol. The molecule has 1 fully saturated rings. The van der Waals surface area contributed by atoms with Crippen molar-refractivity contribution >= 4 is 27.5 Å². The molecule has 1 amide bonds. The number of hydrogen-bond acceptors (Lipinski definition) is 9. The van der Waals surface area contributed by atoms with Gasteiger partial charge in [0.25, 0.3) is 5.56 Å². The van der Waals surface area contributed by atoms with Gasteiger partial charge < -0.3 is 19.5 Å². The number of aryl methyl sites for hydroxylation is 1. The molecule has 14 heteroatoms. The summed E-state index contributed by atoms with van der Waals surface area (Å²) in [6.45, 7) is 2.53. The molecule has 4 aromatic rings. The van der Waals surface area contributed by atoms with Crippen molar-refractivity contribution in [2.24, 2.45) is 0 Å². The number of thiophene rings is 1. The third-order valence-electron chi connectivity index (χ3n) is 6.88. The molecule has 0 spiro atoms. The van der Waals surface area contributed by atoms with Crippen LogP contribution in [-0.2, 0) is 20.8 Å². The van der Waals surface area contributed by atoms with Crippen molar-refractivity contribution in [1.29, 1.82) is 0 Å². The number of aromatic nitrogens is 5. The Hall–Kier alpha value is -3.88. The van der Waals surface area contributed by atoms with E-state index in [0.717, 1.165) is 4.57 Å². The number of halogens is 1. The van der Waals surface area contributed by atoms with Crippen LogP contribution in [0.4, 0.5) is 4.39 Å². The molecule has 0 saturated carbocycles. The van der Waals surface area contributed by atoms with E-state index < -0.39 is 35.1 Å². The van der Waals surface area contributed by atoms with Gasteiger partial charge in [0, 0.05) is 24.8 Å². The van der Waals surface area contributed by atoms with Crippen LogP contribution >= 0.6 is 11.3 Å². The third kappa shape index (κ3) is 5.05. The minimum absolute atomic E-state index is 0.0978. The summed E-state index contributed by atoms with van der Waals surface area (Å²) >= 11 is 1.17. The molecular formula is C26H29FN6O6S. The van der Waals surface area contributed by atoms with Gasteiger partial charge in [0.05, 0.1) is 44.6 Å². The lowest BCUT2D eigenvalue weighted by molar-refractivity contribution is -0.126. The molecule has 3 aromatic heterocycles. The number of methoxy groups -OCH3 is 2. The Kier molecular flexibility index (Phi) is 8.09. The van der Waals surface area contributed by atoms with Gasteiger partial charge in [-0.25, -0.2) is 13.8 Å². The monoisotopic (exact) mass is 572 g/mol. The molecule has 0 radical (unpaired) electrons. The minimum Gasteiger partial charge on any atom is -0.496 e. The zero-order valence-corrected chi connectivity index (χ0v) is 23.1. The van der Waals surface area contributed by atoms with Gasteiger partial charge >= 0.3 is 5.69 Å². The molecule has 1 aliphatic rings. The molecular weight excluding hydrogens is 543 g/mol. The summed E-state index contributed by atoms with van der Waals surface area (Å²) in [6, 6.07) is 3.08. The molecule has 0 bridgehead atoms. The van der Waals surface area contributed by atoms with Crippen molar-refractivity contribution in [3.05, 3.63) is 68.4 Å². The van der Waals surface area contributed by atoms with Gasteiger partial charge in [-0.1, -0.05) is 11.3 Å². The maximum atomic E-state index is 14.4. The summed E-state index contributed by atoms with van der Waals surface area (Å²) in [7, 11) is 2.99. The molecule has 1 aromatic carbocycles. The molecule has 12 nitrogen and oxygen atoms in total. The van der Waals surface area contributed by atoms with E-state index in [1.54, 1.807) is 6.92 Å². The Labute approximate surface area is 231 Å². The quantitative estimate of drug-likeness (QED) is 0.286. The fourth-order valence-corrected chi connectivity index (χ4v) is 6.16. The maximum absolute atomic E-state index is 14.4. The van der Waals surface area contributed by atoms with Crippen molar-refractivity contribution in [3.63, 3.8) is 0 Å². The van der Waals surface area contributed by atoms with Crippen LogP contribution in [-0.4, -0.2) is 64.0 Å². The van der Waals surface area contributed by atoms with Crippen LogP contribution in [0.5, 0.6) is 5.75 Å². The number of hydrogen-bond donors (Lipinski definition) is 1. The minimum atomic E-state index is -0.966. The average Bonchev–Trinajstić information content (AvgIpc) is 3.59. The topological polar surface area (TPSA) is 132 Å². The molecule has 5 rings (SSSR count). The Morgan fingerprint density at radius 2 is 1.95 bits per heavy atom. The third-order valence-corrected chi connectivity index (χ3v) is 8.16. The molecule has 40 heavy (non-hydrogen) atoms. The van der Waals surface area contributed by atoms with Crippen LogP contribution in [0.25, 0.3) is 15.2 Å². The van der Waals surface area contributed by atoms with E-state index in [4.69, 9.17) is 14.2 Å². The number of rotatable bonds is 10. The number of nitrogens with zero attached hydrogens (tertiary/aromatic N) is 5. The van der Waals surface area contributed by atoms with Gasteiger partial charge in [-0.3, -0.25) is 14.2 Å². The number of carbonyl (C=O) groups is 1. The van der Waals surface area contributed by atoms with Crippen LogP contribution in [0.3, 0.4) is 0 Å². The van der Waals surface area contributed by atoms with Crippen LogP contribution in [0.15, 0.2) is 40.2 Å². The summed E-state index contributed by atoms with van der Waals surface area (Å²) in [6.07, 6.45) is 3.12. The Morgan fingerprint density at radius 3 is 2.65 bits per heavy atom. The van der Waals surface area contributed by atoms with E-state index in [0.29, 0.717) is 46.1 Å². The van der Waals surface area contributed by atoms with E-state index in [2.05, 4.69) is 15.5 Å². The fourth-order valence-electron chi connectivity index (χ4n) is 4.94. The standard InChI is InChI=1S/C26H29FN6O6S/c1-15-21-23(35)32(18-5-4-8-28-22(18)34)26(36)31(25(21)40-24(15)33-29-9-10-30-33)14-20(39-12-11-37-2)17-13-16(27)6-7-19(17)38-3/h6-7,9-10,13,18,20H,4-5,8,11-12,14H2,1-3H3,(H,28,34)/t18-,20+/m1/s1. The van der Waals surface area contributed by atoms with Crippen molar-refractivity contribution in [2.45, 2.75) is 38.5 Å².